The van der Waals surface area contributed by atoms with Gasteiger partial charge in [0.25, 0.3) is 5.91 Å². The van der Waals surface area contributed by atoms with Gasteiger partial charge < -0.3 is 20.4 Å². The summed E-state index contributed by atoms with van der Waals surface area (Å²) >= 11 is 0. The van der Waals surface area contributed by atoms with E-state index in [1.165, 1.54) is 6.20 Å². The van der Waals surface area contributed by atoms with Gasteiger partial charge in [0.2, 0.25) is 5.91 Å². The molecule has 0 saturated carbocycles. The van der Waals surface area contributed by atoms with Crippen molar-refractivity contribution in [2.24, 2.45) is 11.7 Å². The van der Waals surface area contributed by atoms with Gasteiger partial charge >= 0.3 is 0 Å². The summed E-state index contributed by atoms with van der Waals surface area (Å²) < 4.78 is 0. The number of pyridine rings is 1. The zero-order valence-electron chi connectivity index (χ0n) is 15.6. The fourth-order valence-electron chi connectivity index (χ4n) is 3.92. The molecule has 7 heteroatoms. The zero-order chi connectivity index (χ0) is 18.5. The normalized spacial score (nSPS) is 19.6. The average Bonchev–Trinajstić information content (AvgIpc) is 2.68. The lowest BCUT2D eigenvalue weighted by molar-refractivity contribution is -0.134. The van der Waals surface area contributed by atoms with Crippen molar-refractivity contribution in [3.63, 3.8) is 0 Å². The van der Waals surface area contributed by atoms with Crippen molar-refractivity contribution in [1.29, 1.82) is 0 Å². The summed E-state index contributed by atoms with van der Waals surface area (Å²) in [5.41, 5.74) is 6.78. The highest BCUT2D eigenvalue weighted by atomic mass is 16.2. The molecule has 7 nitrogen and oxygen atoms in total. The van der Waals surface area contributed by atoms with E-state index in [0.29, 0.717) is 23.8 Å². The molecular weight excluding hydrogens is 330 g/mol. The second-order valence-electron chi connectivity index (χ2n) is 7.21. The van der Waals surface area contributed by atoms with Crippen LogP contribution in [0.25, 0.3) is 0 Å². The van der Waals surface area contributed by atoms with Gasteiger partial charge in [0.15, 0.2) is 0 Å². The van der Waals surface area contributed by atoms with E-state index in [-0.39, 0.29) is 0 Å². The maximum absolute atomic E-state index is 12.6. The molecule has 0 aliphatic carbocycles. The van der Waals surface area contributed by atoms with E-state index < -0.39 is 5.91 Å². The number of piperidine rings is 1. The molecule has 0 atom stereocenters. The first kappa shape index (κ1) is 18.6. The highest BCUT2D eigenvalue weighted by Crippen LogP contribution is 2.27. The molecule has 26 heavy (non-hydrogen) atoms. The Balaban J connectivity index is 1.50. The van der Waals surface area contributed by atoms with Crippen LogP contribution >= 0.6 is 0 Å². The average molecular weight is 359 g/mol. The summed E-state index contributed by atoms with van der Waals surface area (Å²) in [6, 6.07) is 1.85. The summed E-state index contributed by atoms with van der Waals surface area (Å²) in [7, 11) is 0. The minimum Gasteiger partial charge on any atom is -0.371 e. The van der Waals surface area contributed by atoms with Gasteiger partial charge in [-0.2, -0.15) is 0 Å². The molecule has 2 aliphatic heterocycles. The number of rotatable bonds is 5. The lowest BCUT2D eigenvalue weighted by Gasteiger charge is -2.37. The highest BCUT2D eigenvalue weighted by molar-refractivity contribution is 5.98. The van der Waals surface area contributed by atoms with Crippen LogP contribution in [0.3, 0.4) is 0 Å². The summed E-state index contributed by atoms with van der Waals surface area (Å²) in [4.78, 5) is 34.8. The van der Waals surface area contributed by atoms with Crippen molar-refractivity contribution >= 4 is 17.5 Å². The van der Waals surface area contributed by atoms with Crippen LogP contribution in [0.1, 0.15) is 36.5 Å². The number of anilines is 1. The number of nitrogens with zero attached hydrogens (tertiary/aromatic N) is 4. The number of amides is 2. The van der Waals surface area contributed by atoms with E-state index in [0.717, 1.165) is 64.3 Å². The van der Waals surface area contributed by atoms with Crippen molar-refractivity contribution in [1.82, 2.24) is 14.8 Å². The first-order chi connectivity index (χ1) is 12.6. The number of hydrogen-bond donors (Lipinski definition) is 1. The molecule has 1 aromatic heterocycles. The molecule has 2 fully saturated rings. The standard InChI is InChI=1S/C19H29N5O2/c1-2-22-9-11-24(12-10-22)18(25)13-15-4-7-23(8-5-15)17-3-6-21-14-16(17)19(20)26/h3,6,14-15H,2,4-5,7-13H2,1H3,(H2,20,26). The first-order valence-electron chi connectivity index (χ1n) is 9.57. The summed E-state index contributed by atoms with van der Waals surface area (Å²) in [6.07, 6.45) is 5.78. The summed E-state index contributed by atoms with van der Waals surface area (Å²) in [5, 5.41) is 0. The maximum Gasteiger partial charge on any atom is 0.252 e. The highest BCUT2D eigenvalue weighted by Gasteiger charge is 2.27. The van der Waals surface area contributed by atoms with Gasteiger partial charge in [-0.3, -0.25) is 14.6 Å². The van der Waals surface area contributed by atoms with Gasteiger partial charge in [-0.25, -0.2) is 0 Å². The van der Waals surface area contributed by atoms with Crippen LogP contribution in [0.15, 0.2) is 18.5 Å². The van der Waals surface area contributed by atoms with Crippen molar-refractivity contribution in [3.05, 3.63) is 24.0 Å². The maximum atomic E-state index is 12.6. The van der Waals surface area contributed by atoms with Crippen LogP contribution in [0, 0.1) is 5.92 Å². The van der Waals surface area contributed by atoms with Crippen LogP contribution in [0.4, 0.5) is 5.69 Å². The molecule has 3 heterocycles. The smallest absolute Gasteiger partial charge is 0.252 e. The van der Waals surface area contributed by atoms with E-state index in [1.54, 1.807) is 6.20 Å². The lowest BCUT2D eigenvalue weighted by atomic mass is 9.92. The fraction of sp³-hybridized carbons (Fsp3) is 0.632. The Morgan fingerprint density at radius 2 is 1.85 bits per heavy atom. The first-order valence-corrected chi connectivity index (χ1v) is 9.57. The van der Waals surface area contributed by atoms with E-state index in [9.17, 15) is 9.59 Å². The molecule has 0 aromatic carbocycles. The third-order valence-electron chi connectivity index (χ3n) is 5.65. The number of primary amides is 1. The molecule has 0 spiro atoms. The second-order valence-corrected chi connectivity index (χ2v) is 7.21. The van der Waals surface area contributed by atoms with Crippen molar-refractivity contribution in [2.45, 2.75) is 26.2 Å². The Morgan fingerprint density at radius 3 is 2.46 bits per heavy atom. The Kier molecular flexibility index (Phi) is 6.08. The molecule has 2 aliphatic rings. The van der Waals surface area contributed by atoms with Gasteiger partial charge in [-0.05, 0) is 31.4 Å². The van der Waals surface area contributed by atoms with Gasteiger partial charge in [0.05, 0.1) is 11.3 Å². The molecule has 0 bridgehead atoms. The van der Waals surface area contributed by atoms with Crippen molar-refractivity contribution < 1.29 is 9.59 Å². The largest absolute Gasteiger partial charge is 0.371 e. The number of hydrogen-bond acceptors (Lipinski definition) is 5. The molecule has 3 rings (SSSR count). The zero-order valence-corrected chi connectivity index (χ0v) is 15.6. The molecule has 2 N–H and O–H groups in total. The molecule has 2 amide bonds. The number of aromatic nitrogens is 1. The van der Waals surface area contributed by atoms with Crippen LogP contribution < -0.4 is 10.6 Å². The number of carbonyl (C=O) groups excluding carboxylic acids is 2. The van der Waals surface area contributed by atoms with Gasteiger partial charge in [0.1, 0.15) is 0 Å². The minimum atomic E-state index is -0.448. The Labute approximate surface area is 155 Å². The minimum absolute atomic E-state index is 0.293. The second kappa shape index (κ2) is 8.49. The Morgan fingerprint density at radius 1 is 1.15 bits per heavy atom. The number of likely N-dealkylation sites (N-methyl/N-ethyl adjacent to an activating group) is 1. The van der Waals surface area contributed by atoms with E-state index in [4.69, 9.17) is 5.73 Å². The quantitative estimate of drug-likeness (QED) is 0.846. The third-order valence-corrected chi connectivity index (χ3v) is 5.65. The van der Waals surface area contributed by atoms with E-state index in [2.05, 4.69) is 21.7 Å². The van der Waals surface area contributed by atoms with Crippen molar-refractivity contribution in [2.75, 3.05) is 50.7 Å². The third kappa shape index (κ3) is 4.33. The van der Waals surface area contributed by atoms with Crippen LogP contribution in [-0.4, -0.2) is 72.4 Å². The molecule has 0 radical (unpaired) electrons. The number of nitrogens with two attached hydrogens (primary N) is 1. The molecule has 0 unspecified atom stereocenters. The monoisotopic (exact) mass is 359 g/mol. The lowest BCUT2D eigenvalue weighted by Crippen LogP contribution is -2.49. The summed E-state index contributed by atoms with van der Waals surface area (Å²) in [5.74, 6) is 0.263. The fourth-order valence-corrected chi connectivity index (χ4v) is 3.92. The predicted molar refractivity (Wildman–Crippen MR) is 101 cm³/mol. The molecule has 2 saturated heterocycles. The van der Waals surface area contributed by atoms with Crippen molar-refractivity contribution in [3.8, 4) is 0 Å². The number of piperazine rings is 1. The van der Waals surface area contributed by atoms with Gasteiger partial charge in [-0.15, -0.1) is 0 Å². The van der Waals surface area contributed by atoms with Crippen LogP contribution in [-0.2, 0) is 4.79 Å². The molecular formula is C19H29N5O2. The van der Waals surface area contributed by atoms with Crippen LogP contribution in [0.5, 0.6) is 0 Å². The van der Waals surface area contributed by atoms with E-state index >= 15 is 0 Å². The Hall–Kier alpha value is -2.15. The number of carbonyl (C=O) groups is 2. The SMILES string of the molecule is CCN1CCN(C(=O)CC2CCN(c3ccncc3C(N)=O)CC2)CC1. The van der Waals surface area contributed by atoms with Gasteiger partial charge in [-0.1, -0.05) is 6.92 Å². The Bertz CT molecular complexity index is 635. The molecule has 142 valence electrons. The molecule has 1 aromatic rings. The summed E-state index contributed by atoms with van der Waals surface area (Å²) in [6.45, 7) is 8.57. The predicted octanol–water partition coefficient (Wildman–Crippen LogP) is 0.951. The van der Waals surface area contributed by atoms with Gasteiger partial charge in [0, 0.05) is 58.1 Å². The van der Waals surface area contributed by atoms with E-state index in [1.807, 2.05) is 11.0 Å². The topological polar surface area (TPSA) is 82.8 Å². The van der Waals surface area contributed by atoms with Crippen LogP contribution in [0.2, 0.25) is 0 Å².